The van der Waals surface area contributed by atoms with Crippen molar-refractivity contribution in [3.8, 4) is 0 Å². The topological polar surface area (TPSA) is 123 Å². The number of amides is 1. The lowest BCUT2D eigenvalue weighted by molar-refractivity contribution is -0.384. The van der Waals surface area contributed by atoms with E-state index in [9.17, 15) is 19.7 Å². The van der Waals surface area contributed by atoms with Gasteiger partial charge in [0.2, 0.25) is 5.91 Å². The van der Waals surface area contributed by atoms with Crippen LogP contribution in [0.3, 0.4) is 0 Å². The number of ether oxygens (including phenoxy) is 2. The van der Waals surface area contributed by atoms with Crippen LogP contribution in [0.15, 0.2) is 51.6 Å². The summed E-state index contributed by atoms with van der Waals surface area (Å²) in [5, 5.41) is 16.5. The molecule has 31 heavy (non-hydrogen) atoms. The van der Waals surface area contributed by atoms with Gasteiger partial charge in [-0.2, -0.15) is 0 Å². The fourth-order valence-electron chi connectivity index (χ4n) is 3.38. The van der Waals surface area contributed by atoms with Crippen molar-refractivity contribution in [2.24, 2.45) is 4.99 Å². The quantitative estimate of drug-likeness (QED) is 0.280. The second kappa shape index (κ2) is 9.75. The first-order valence-corrected chi connectivity index (χ1v) is 10.3. The summed E-state index contributed by atoms with van der Waals surface area (Å²) in [7, 11) is 2.82. The molecule has 2 aliphatic heterocycles. The molecule has 1 unspecified atom stereocenters. The molecule has 3 rings (SSSR count). The Morgan fingerprint density at radius 1 is 1.35 bits per heavy atom. The van der Waals surface area contributed by atoms with Gasteiger partial charge in [0.05, 0.1) is 42.4 Å². The van der Waals surface area contributed by atoms with Crippen LogP contribution in [0.25, 0.3) is 0 Å². The zero-order chi connectivity index (χ0) is 22.5. The molecule has 1 aromatic carbocycles. The summed E-state index contributed by atoms with van der Waals surface area (Å²) in [4.78, 5) is 42.1. The first-order chi connectivity index (χ1) is 14.9. The van der Waals surface area contributed by atoms with Gasteiger partial charge in [-0.1, -0.05) is 23.9 Å². The fraction of sp³-hybridized carbons (Fsp3) is 0.350. The molecular weight excluding hydrogens is 424 g/mol. The van der Waals surface area contributed by atoms with Crippen molar-refractivity contribution in [2.45, 2.75) is 19.4 Å². The number of aliphatic imine (C=N–C) groups is 1. The van der Waals surface area contributed by atoms with Crippen LogP contribution in [0.2, 0.25) is 0 Å². The van der Waals surface area contributed by atoms with E-state index in [4.69, 9.17) is 9.47 Å². The highest BCUT2D eigenvalue weighted by molar-refractivity contribution is 8.16. The summed E-state index contributed by atoms with van der Waals surface area (Å²) >= 11 is 1.33. The highest BCUT2D eigenvalue weighted by Gasteiger charge is 2.41. The predicted octanol–water partition coefficient (Wildman–Crippen LogP) is 2.50. The largest absolute Gasteiger partial charge is 0.466 e. The second-order valence-electron chi connectivity index (χ2n) is 6.76. The lowest BCUT2D eigenvalue weighted by Crippen LogP contribution is -2.38. The fourth-order valence-corrected chi connectivity index (χ4v) is 4.35. The molecule has 164 valence electrons. The number of carbonyl (C=O) groups is 2. The molecular formula is C20H22N4O6S. The molecule has 0 spiro atoms. The Labute approximate surface area is 183 Å². The number of non-ortho nitro benzene ring substituents is 1. The van der Waals surface area contributed by atoms with E-state index >= 15 is 0 Å². The van der Waals surface area contributed by atoms with E-state index in [1.807, 2.05) is 0 Å². The van der Waals surface area contributed by atoms with Crippen molar-refractivity contribution >= 4 is 34.5 Å². The van der Waals surface area contributed by atoms with E-state index in [2.05, 4.69) is 10.3 Å². The monoisotopic (exact) mass is 446 g/mol. The van der Waals surface area contributed by atoms with Crippen LogP contribution < -0.4 is 5.32 Å². The zero-order valence-corrected chi connectivity index (χ0v) is 18.1. The lowest BCUT2D eigenvalue weighted by Gasteiger charge is -2.36. The lowest BCUT2D eigenvalue weighted by atomic mass is 9.93. The maximum Gasteiger partial charge on any atom is 0.338 e. The number of carbonyl (C=O) groups excluding carboxylic acids is 2. The van der Waals surface area contributed by atoms with Gasteiger partial charge < -0.3 is 19.7 Å². The molecule has 0 aliphatic carbocycles. The number of nitro benzene ring substituents is 1. The number of fused-ring (bicyclic) bond motifs is 1. The smallest absolute Gasteiger partial charge is 0.338 e. The Balaban J connectivity index is 2.00. The van der Waals surface area contributed by atoms with Crippen LogP contribution in [-0.4, -0.2) is 54.2 Å². The van der Waals surface area contributed by atoms with Crippen LogP contribution in [0.5, 0.6) is 0 Å². The Morgan fingerprint density at radius 3 is 2.81 bits per heavy atom. The predicted molar refractivity (Wildman–Crippen MR) is 115 cm³/mol. The molecule has 1 aromatic rings. The number of methoxy groups -OCH3 is 2. The summed E-state index contributed by atoms with van der Waals surface area (Å²) in [6.45, 7) is 2.45. The number of amidine groups is 1. The molecule has 2 aliphatic rings. The van der Waals surface area contributed by atoms with Crippen LogP contribution in [0.4, 0.5) is 5.69 Å². The third-order valence-electron chi connectivity index (χ3n) is 4.77. The minimum absolute atomic E-state index is 0.0503. The number of hydrogen-bond acceptors (Lipinski definition) is 9. The van der Waals surface area contributed by atoms with Crippen LogP contribution in [0.1, 0.15) is 24.9 Å². The highest BCUT2D eigenvalue weighted by Crippen LogP contribution is 2.45. The van der Waals surface area contributed by atoms with Gasteiger partial charge >= 0.3 is 5.97 Å². The number of nitro groups is 1. The Bertz CT molecular complexity index is 1000. The molecule has 0 saturated heterocycles. The summed E-state index contributed by atoms with van der Waals surface area (Å²) in [6.07, 6.45) is 0.0503. The minimum atomic E-state index is -0.715. The standard InChI is InChI=1S/C20H22N4O6S/c1-12-17(19(26)30-3)18(13-5-4-6-14(9-13)24(27)28)23-15(11-31-20(23)22-12)10-16(25)21-7-8-29-2/h4-6,9,11,18H,7-8,10H2,1-3H3,(H,21,25). The van der Waals surface area contributed by atoms with E-state index in [-0.39, 0.29) is 23.6 Å². The number of nitrogens with zero attached hydrogens (tertiary/aromatic N) is 3. The van der Waals surface area contributed by atoms with Crippen molar-refractivity contribution in [2.75, 3.05) is 27.4 Å². The number of benzene rings is 1. The Kier molecular flexibility index (Phi) is 7.08. The van der Waals surface area contributed by atoms with Crippen molar-refractivity contribution in [1.82, 2.24) is 10.2 Å². The number of nitrogens with one attached hydrogen (secondary N) is 1. The van der Waals surface area contributed by atoms with E-state index in [1.165, 1.54) is 31.0 Å². The van der Waals surface area contributed by atoms with E-state index in [0.717, 1.165) is 0 Å². The third-order valence-corrected chi connectivity index (χ3v) is 5.66. The van der Waals surface area contributed by atoms with Crippen LogP contribution in [0, 0.1) is 10.1 Å². The number of thioether (sulfide) groups is 1. The number of rotatable bonds is 8. The summed E-state index contributed by atoms with van der Waals surface area (Å²) in [5.74, 6) is -0.800. The zero-order valence-electron chi connectivity index (χ0n) is 17.3. The van der Waals surface area contributed by atoms with Gasteiger partial charge in [-0.25, -0.2) is 9.79 Å². The van der Waals surface area contributed by atoms with Crippen LogP contribution in [-0.2, 0) is 19.1 Å². The van der Waals surface area contributed by atoms with Gasteiger partial charge in [0, 0.05) is 31.5 Å². The van der Waals surface area contributed by atoms with Crippen molar-refractivity contribution in [1.29, 1.82) is 0 Å². The van der Waals surface area contributed by atoms with E-state index in [0.29, 0.717) is 35.3 Å². The molecule has 1 N–H and O–H groups in total. The molecule has 0 bridgehead atoms. The molecule has 0 fully saturated rings. The normalized spacial score (nSPS) is 17.6. The molecule has 0 radical (unpaired) electrons. The molecule has 0 saturated carbocycles. The SMILES string of the molecule is COCCNC(=O)CC1=CSC2=NC(C)=C(C(=O)OC)C(c3cccc([N+](=O)[O-])c3)N12. The number of allylic oxidation sites excluding steroid dienone is 1. The number of hydrogen-bond donors (Lipinski definition) is 1. The van der Waals surface area contributed by atoms with Gasteiger partial charge in [0.1, 0.15) is 0 Å². The van der Waals surface area contributed by atoms with Crippen molar-refractivity contribution in [3.05, 3.63) is 62.3 Å². The molecule has 1 atom stereocenters. The maximum atomic E-state index is 12.6. The summed E-state index contributed by atoms with van der Waals surface area (Å²) in [6, 6.07) is 5.36. The van der Waals surface area contributed by atoms with Gasteiger partial charge in [0.25, 0.3) is 5.69 Å². The highest BCUT2D eigenvalue weighted by atomic mass is 32.2. The summed E-state index contributed by atoms with van der Waals surface area (Å²) < 4.78 is 9.92. The van der Waals surface area contributed by atoms with E-state index in [1.54, 1.807) is 36.5 Å². The first kappa shape index (κ1) is 22.5. The maximum absolute atomic E-state index is 12.6. The van der Waals surface area contributed by atoms with Gasteiger partial charge in [-0.3, -0.25) is 14.9 Å². The Hall–Kier alpha value is -3.18. The van der Waals surface area contributed by atoms with Gasteiger partial charge in [-0.15, -0.1) is 0 Å². The van der Waals surface area contributed by atoms with Gasteiger partial charge in [0.15, 0.2) is 5.17 Å². The first-order valence-electron chi connectivity index (χ1n) is 9.40. The summed E-state index contributed by atoms with van der Waals surface area (Å²) in [5.41, 5.74) is 1.78. The van der Waals surface area contributed by atoms with E-state index < -0.39 is 16.9 Å². The number of esters is 1. The molecule has 11 heteroatoms. The van der Waals surface area contributed by atoms with Crippen molar-refractivity contribution < 1.29 is 24.0 Å². The van der Waals surface area contributed by atoms with Gasteiger partial charge in [-0.05, 0) is 17.9 Å². The molecule has 10 nitrogen and oxygen atoms in total. The van der Waals surface area contributed by atoms with Crippen LogP contribution >= 0.6 is 11.8 Å². The third kappa shape index (κ3) is 4.78. The Morgan fingerprint density at radius 2 is 2.13 bits per heavy atom. The molecule has 0 aromatic heterocycles. The molecule has 1 amide bonds. The molecule has 2 heterocycles. The second-order valence-corrected chi connectivity index (χ2v) is 7.59. The average Bonchev–Trinajstić information content (AvgIpc) is 3.14. The average molecular weight is 446 g/mol. The van der Waals surface area contributed by atoms with Crippen molar-refractivity contribution in [3.63, 3.8) is 0 Å². The minimum Gasteiger partial charge on any atom is -0.466 e.